The Morgan fingerprint density at radius 1 is 1.03 bits per heavy atom. The minimum atomic E-state index is 0.172. The number of para-hydroxylation sites is 1. The van der Waals surface area contributed by atoms with Gasteiger partial charge in [-0.25, -0.2) is 0 Å². The quantitative estimate of drug-likeness (QED) is 0.516. The molecule has 164 valence electrons. The molecule has 4 nitrogen and oxygen atoms in total. The van der Waals surface area contributed by atoms with Crippen molar-refractivity contribution in [3.8, 4) is 0 Å². The number of fused-ring (bicyclic) bond motifs is 1. The lowest BCUT2D eigenvalue weighted by Gasteiger charge is -2.31. The van der Waals surface area contributed by atoms with Crippen LogP contribution in [0.4, 0.5) is 0 Å². The molecule has 0 radical (unpaired) electrons. The van der Waals surface area contributed by atoms with Crippen LogP contribution < -0.4 is 5.32 Å². The van der Waals surface area contributed by atoms with Gasteiger partial charge in [-0.15, -0.1) is 0 Å². The van der Waals surface area contributed by atoms with E-state index in [0.717, 1.165) is 58.4 Å². The van der Waals surface area contributed by atoms with Gasteiger partial charge in [0.05, 0.1) is 0 Å². The molecule has 1 aromatic heterocycles. The van der Waals surface area contributed by atoms with Crippen molar-refractivity contribution in [1.29, 1.82) is 0 Å². The molecule has 1 amide bonds. The molecule has 1 aliphatic rings. The van der Waals surface area contributed by atoms with Crippen molar-refractivity contribution in [2.75, 3.05) is 19.6 Å². The molecule has 3 aromatic rings. The highest BCUT2D eigenvalue weighted by Gasteiger charge is 2.25. The lowest BCUT2D eigenvalue weighted by molar-refractivity contribution is -0.126. The van der Waals surface area contributed by atoms with Crippen molar-refractivity contribution in [3.63, 3.8) is 0 Å². The number of carbonyl (C=O) groups excluding carboxylic acids is 1. The minimum Gasteiger partial charge on any atom is -0.356 e. The first-order valence-corrected chi connectivity index (χ1v) is 11.8. The van der Waals surface area contributed by atoms with Crippen LogP contribution in [0.15, 0.2) is 54.6 Å². The number of amides is 1. The van der Waals surface area contributed by atoms with Gasteiger partial charge in [0, 0.05) is 36.8 Å². The molecule has 1 fully saturated rings. The minimum absolute atomic E-state index is 0.172. The predicted octanol–water partition coefficient (Wildman–Crippen LogP) is 5.13. The Morgan fingerprint density at radius 2 is 1.77 bits per heavy atom. The molecule has 4 heteroatoms. The summed E-state index contributed by atoms with van der Waals surface area (Å²) in [6.07, 6.45) is 4.09. The summed E-state index contributed by atoms with van der Waals surface area (Å²) in [5.74, 6) is 0.424. The van der Waals surface area contributed by atoms with Crippen LogP contribution in [0.1, 0.15) is 49.4 Å². The zero-order chi connectivity index (χ0) is 21.6. The molecule has 1 saturated heterocycles. The zero-order valence-electron chi connectivity index (χ0n) is 18.9. The van der Waals surface area contributed by atoms with E-state index in [1.54, 1.807) is 0 Å². The van der Waals surface area contributed by atoms with E-state index < -0.39 is 0 Å². The first kappa shape index (κ1) is 21.6. The van der Waals surface area contributed by atoms with Gasteiger partial charge in [0.15, 0.2) is 0 Å². The molecule has 0 aliphatic carbocycles. The summed E-state index contributed by atoms with van der Waals surface area (Å²) in [7, 11) is 0. The van der Waals surface area contributed by atoms with Gasteiger partial charge in [-0.2, -0.15) is 0 Å². The number of rotatable bonds is 8. The van der Waals surface area contributed by atoms with Crippen molar-refractivity contribution < 1.29 is 4.79 Å². The number of aromatic nitrogens is 1. The van der Waals surface area contributed by atoms with Gasteiger partial charge in [-0.3, -0.25) is 9.69 Å². The van der Waals surface area contributed by atoms with Crippen LogP contribution in [-0.2, 0) is 17.9 Å². The van der Waals surface area contributed by atoms with Crippen molar-refractivity contribution >= 4 is 16.8 Å². The molecule has 1 N–H and O–H groups in total. The number of likely N-dealkylation sites (tertiary alicyclic amines) is 1. The fourth-order valence-electron chi connectivity index (χ4n) is 4.66. The molecule has 2 heterocycles. The maximum atomic E-state index is 12.4. The number of nitrogens with zero attached hydrogens (tertiary/aromatic N) is 2. The molecular weight excluding hydrogens is 382 g/mol. The lowest BCUT2D eigenvalue weighted by atomic mass is 9.95. The van der Waals surface area contributed by atoms with Crippen LogP contribution in [0.5, 0.6) is 0 Å². The molecule has 0 atom stereocenters. The monoisotopic (exact) mass is 417 g/mol. The molecule has 1 aliphatic heterocycles. The molecule has 4 rings (SSSR count). The van der Waals surface area contributed by atoms with Crippen molar-refractivity contribution in [3.05, 3.63) is 71.4 Å². The molecule has 0 unspecified atom stereocenters. The second kappa shape index (κ2) is 10.1. The maximum absolute atomic E-state index is 12.4. The summed E-state index contributed by atoms with van der Waals surface area (Å²) in [4.78, 5) is 14.9. The standard InChI is InChI=1S/C27H35N3O/c1-3-4-15-28-27(31)22-13-16-29(17-14-22)20-25-18-23-10-7-8-12-26(23)30(25)19-24-11-6-5-9-21(24)2/h5-12,18,22H,3-4,13-17,19-20H2,1-2H3,(H,28,31). The predicted molar refractivity (Wildman–Crippen MR) is 128 cm³/mol. The van der Waals surface area contributed by atoms with Gasteiger partial charge >= 0.3 is 0 Å². The van der Waals surface area contributed by atoms with E-state index >= 15 is 0 Å². The van der Waals surface area contributed by atoms with Crippen molar-refractivity contribution in [1.82, 2.24) is 14.8 Å². The van der Waals surface area contributed by atoms with Crippen molar-refractivity contribution in [2.45, 2.75) is 52.6 Å². The molecule has 0 saturated carbocycles. The summed E-state index contributed by atoms with van der Waals surface area (Å²) in [6.45, 7) is 8.96. The van der Waals surface area contributed by atoms with Crippen LogP contribution in [0.2, 0.25) is 0 Å². The highest BCUT2D eigenvalue weighted by atomic mass is 16.1. The Hall–Kier alpha value is -2.59. The lowest BCUT2D eigenvalue weighted by Crippen LogP contribution is -2.40. The average Bonchev–Trinajstić information content (AvgIpc) is 3.13. The number of benzene rings is 2. The van der Waals surface area contributed by atoms with Crippen LogP contribution >= 0.6 is 0 Å². The maximum Gasteiger partial charge on any atom is 0.223 e. The molecule has 31 heavy (non-hydrogen) atoms. The fourth-order valence-corrected chi connectivity index (χ4v) is 4.66. The Morgan fingerprint density at radius 3 is 2.55 bits per heavy atom. The van der Waals surface area contributed by atoms with Gasteiger partial charge in [0.2, 0.25) is 5.91 Å². The van der Waals surface area contributed by atoms with E-state index in [1.807, 2.05) is 0 Å². The number of carbonyl (C=O) groups is 1. The van der Waals surface area contributed by atoms with Gasteiger partial charge < -0.3 is 9.88 Å². The number of unbranched alkanes of at least 4 members (excludes halogenated alkanes) is 1. The largest absolute Gasteiger partial charge is 0.356 e. The normalized spacial score (nSPS) is 15.4. The molecule has 0 bridgehead atoms. The third kappa shape index (κ3) is 5.19. The van der Waals surface area contributed by atoms with E-state index in [1.165, 1.54) is 27.7 Å². The Balaban J connectivity index is 1.45. The van der Waals surface area contributed by atoms with Gasteiger partial charge in [0.1, 0.15) is 0 Å². The third-order valence-corrected chi connectivity index (χ3v) is 6.66. The Bertz CT molecular complexity index is 1010. The zero-order valence-corrected chi connectivity index (χ0v) is 18.9. The Labute approximate surface area is 186 Å². The average molecular weight is 418 g/mol. The van der Waals surface area contributed by atoms with E-state index in [-0.39, 0.29) is 11.8 Å². The van der Waals surface area contributed by atoms with E-state index in [4.69, 9.17) is 0 Å². The third-order valence-electron chi connectivity index (χ3n) is 6.66. The second-order valence-corrected chi connectivity index (χ2v) is 8.90. The smallest absolute Gasteiger partial charge is 0.223 e. The second-order valence-electron chi connectivity index (χ2n) is 8.90. The van der Waals surface area contributed by atoms with Crippen molar-refractivity contribution in [2.24, 2.45) is 5.92 Å². The summed E-state index contributed by atoms with van der Waals surface area (Å²) in [5.41, 5.74) is 5.36. The highest BCUT2D eigenvalue weighted by Crippen LogP contribution is 2.25. The first-order valence-electron chi connectivity index (χ1n) is 11.8. The van der Waals surface area contributed by atoms with Gasteiger partial charge in [-0.05, 0) is 67.9 Å². The van der Waals surface area contributed by atoms with E-state index in [2.05, 4.69) is 83.2 Å². The highest BCUT2D eigenvalue weighted by molar-refractivity contribution is 5.81. The Kier molecular flexibility index (Phi) is 7.08. The summed E-state index contributed by atoms with van der Waals surface area (Å²) in [5, 5.41) is 4.42. The number of piperidine rings is 1. The SMILES string of the molecule is CCCCNC(=O)C1CCN(Cc2cc3ccccc3n2Cc2ccccc2C)CC1. The van der Waals surface area contributed by atoms with E-state index in [0.29, 0.717) is 0 Å². The molecular formula is C27H35N3O. The summed E-state index contributed by atoms with van der Waals surface area (Å²) >= 11 is 0. The molecule has 2 aromatic carbocycles. The number of aryl methyl sites for hydroxylation is 1. The van der Waals surface area contributed by atoms with Crippen LogP contribution in [0.25, 0.3) is 10.9 Å². The number of hydrogen-bond acceptors (Lipinski definition) is 2. The van der Waals surface area contributed by atoms with Crippen LogP contribution in [0.3, 0.4) is 0 Å². The fraction of sp³-hybridized carbons (Fsp3) is 0.444. The summed E-state index contributed by atoms with van der Waals surface area (Å²) < 4.78 is 2.47. The van der Waals surface area contributed by atoms with Gasteiger partial charge in [0.25, 0.3) is 0 Å². The summed E-state index contributed by atoms with van der Waals surface area (Å²) in [6, 6.07) is 19.7. The topological polar surface area (TPSA) is 37.3 Å². The van der Waals surface area contributed by atoms with E-state index in [9.17, 15) is 4.79 Å². The first-order chi connectivity index (χ1) is 15.2. The number of nitrogens with one attached hydrogen (secondary N) is 1. The molecule has 0 spiro atoms. The number of hydrogen-bond donors (Lipinski definition) is 1. The van der Waals surface area contributed by atoms with Gasteiger partial charge in [-0.1, -0.05) is 55.8 Å². The van der Waals surface area contributed by atoms with Crippen LogP contribution in [-0.4, -0.2) is 35.0 Å². The van der Waals surface area contributed by atoms with Crippen LogP contribution in [0, 0.1) is 12.8 Å².